The molecule has 1 N–H and O–H groups in total. The van der Waals surface area contributed by atoms with Crippen LogP contribution in [0.3, 0.4) is 0 Å². The minimum atomic E-state index is -0.845. The fourth-order valence-corrected chi connectivity index (χ4v) is 0.123. The molecular weight excluding hydrogens is 181 g/mol. The van der Waals surface area contributed by atoms with E-state index in [4.69, 9.17) is 5.11 Å². The molecular formula is C5H8O2Y. The SMILES string of the molecule is CC=C(C)C(=O)O.[Y]. The summed E-state index contributed by atoms with van der Waals surface area (Å²) in [5.41, 5.74) is 0.389. The second-order valence-corrected chi connectivity index (χ2v) is 1.28. The second kappa shape index (κ2) is 5.45. The van der Waals surface area contributed by atoms with E-state index in [0.29, 0.717) is 5.57 Å². The van der Waals surface area contributed by atoms with Crippen LogP contribution in [-0.4, -0.2) is 11.1 Å². The summed E-state index contributed by atoms with van der Waals surface area (Å²) in [6, 6.07) is 0. The summed E-state index contributed by atoms with van der Waals surface area (Å²) in [7, 11) is 0. The molecule has 0 rings (SSSR count). The molecule has 3 heteroatoms. The van der Waals surface area contributed by atoms with Crippen molar-refractivity contribution in [2.45, 2.75) is 13.8 Å². The van der Waals surface area contributed by atoms with Crippen molar-refractivity contribution in [3.63, 3.8) is 0 Å². The van der Waals surface area contributed by atoms with E-state index in [1.165, 1.54) is 0 Å². The fraction of sp³-hybridized carbons (Fsp3) is 0.400. The van der Waals surface area contributed by atoms with E-state index in [2.05, 4.69) is 0 Å². The van der Waals surface area contributed by atoms with Gasteiger partial charge in [0.2, 0.25) is 0 Å². The molecule has 8 heavy (non-hydrogen) atoms. The van der Waals surface area contributed by atoms with Gasteiger partial charge in [-0.15, -0.1) is 0 Å². The van der Waals surface area contributed by atoms with E-state index >= 15 is 0 Å². The molecule has 0 bridgehead atoms. The molecule has 0 amide bonds. The summed E-state index contributed by atoms with van der Waals surface area (Å²) >= 11 is 0. The normalized spacial score (nSPS) is 10.0. The quantitative estimate of drug-likeness (QED) is 0.625. The molecule has 0 spiro atoms. The maximum absolute atomic E-state index is 9.86. The Hall–Kier alpha value is 0.314. The first-order valence-corrected chi connectivity index (χ1v) is 2.04. The first-order chi connectivity index (χ1) is 3.18. The molecule has 0 saturated carbocycles. The van der Waals surface area contributed by atoms with Gasteiger partial charge >= 0.3 is 5.97 Å². The van der Waals surface area contributed by atoms with Crippen molar-refractivity contribution in [3.05, 3.63) is 11.6 Å². The van der Waals surface area contributed by atoms with E-state index in [0.717, 1.165) is 0 Å². The van der Waals surface area contributed by atoms with Crippen molar-refractivity contribution in [1.29, 1.82) is 0 Å². The smallest absolute Gasteiger partial charge is 0.330 e. The summed E-state index contributed by atoms with van der Waals surface area (Å²) in [4.78, 5) is 9.86. The van der Waals surface area contributed by atoms with Gasteiger partial charge in [0.25, 0.3) is 0 Å². The van der Waals surface area contributed by atoms with Crippen molar-refractivity contribution >= 4 is 5.97 Å². The average Bonchev–Trinajstić information content (AvgIpc) is 1.65. The Kier molecular flexibility index (Phi) is 7.60. The molecule has 0 aliphatic rings. The topological polar surface area (TPSA) is 37.3 Å². The average molecular weight is 189 g/mol. The van der Waals surface area contributed by atoms with Gasteiger partial charge in [-0.05, 0) is 13.8 Å². The van der Waals surface area contributed by atoms with Crippen molar-refractivity contribution in [3.8, 4) is 0 Å². The Bertz CT molecular complexity index is 107. The predicted molar refractivity (Wildman–Crippen MR) is 27.1 cm³/mol. The van der Waals surface area contributed by atoms with Crippen LogP contribution in [0.2, 0.25) is 0 Å². The molecule has 0 saturated heterocycles. The van der Waals surface area contributed by atoms with E-state index in [9.17, 15) is 4.79 Å². The molecule has 0 aliphatic heterocycles. The monoisotopic (exact) mass is 189 g/mol. The zero-order valence-corrected chi connectivity index (χ0v) is 7.85. The summed E-state index contributed by atoms with van der Waals surface area (Å²) in [5.74, 6) is -0.845. The van der Waals surface area contributed by atoms with Crippen molar-refractivity contribution < 1.29 is 42.6 Å². The minimum absolute atomic E-state index is 0. The zero-order chi connectivity index (χ0) is 5.86. The third kappa shape index (κ3) is 4.47. The van der Waals surface area contributed by atoms with Gasteiger partial charge in [0, 0.05) is 38.3 Å². The molecule has 0 aliphatic carbocycles. The molecule has 1 radical (unpaired) electrons. The number of carboxylic acid groups (broad SMARTS) is 1. The molecule has 0 aromatic rings. The summed E-state index contributed by atoms with van der Waals surface area (Å²) in [6.45, 7) is 3.26. The molecule has 0 aromatic heterocycles. The van der Waals surface area contributed by atoms with Crippen LogP contribution in [0.4, 0.5) is 0 Å². The predicted octanol–water partition coefficient (Wildman–Crippen LogP) is 1.03. The molecule has 0 aromatic carbocycles. The van der Waals surface area contributed by atoms with Gasteiger partial charge in [0.1, 0.15) is 0 Å². The third-order valence-corrected chi connectivity index (χ3v) is 0.770. The Balaban J connectivity index is 0. The summed E-state index contributed by atoms with van der Waals surface area (Å²) < 4.78 is 0. The van der Waals surface area contributed by atoms with Crippen LogP contribution in [0.15, 0.2) is 11.6 Å². The van der Waals surface area contributed by atoms with E-state index < -0.39 is 5.97 Å². The summed E-state index contributed by atoms with van der Waals surface area (Å²) in [5, 5.41) is 8.11. The molecule has 0 heterocycles. The van der Waals surface area contributed by atoms with Gasteiger partial charge in [-0.25, -0.2) is 4.79 Å². The zero-order valence-electron chi connectivity index (χ0n) is 5.01. The van der Waals surface area contributed by atoms with Crippen molar-refractivity contribution in [2.75, 3.05) is 0 Å². The Labute approximate surface area is 73.8 Å². The van der Waals surface area contributed by atoms with Crippen LogP contribution in [0.5, 0.6) is 0 Å². The van der Waals surface area contributed by atoms with Gasteiger partial charge < -0.3 is 5.11 Å². The fourth-order valence-electron chi connectivity index (χ4n) is 0.123. The number of carbonyl (C=O) groups is 1. The number of carboxylic acids is 1. The number of rotatable bonds is 1. The van der Waals surface area contributed by atoms with Crippen LogP contribution in [0.1, 0.15) is 13.8 Å². The van der Waals surface area contributed by atoms with Crippen LogP contribution < -0.4 is 0 Å². The Morgan fingerprint density at radius 3 is 2.00 bits per heavy atom. The molecule has 0 atom stereocenters. The largest absolute Gasteiger partial charge is 0.478 e. The third-order valence-electron chi connectivity index (χ3n) is 0.770. The standard InChI is InChI=1S/C5H8O2.Y/c1-3-4(2)5(6)7;/h3H,1-2H3,(H,6,7);. The van der Waals surface area contributed by atoms with Gasteiger partial charge in [-0.3, -0.25) is 0 Å². The number of allylic oxidation sites excluding steroid dienone is 1. The molecule has 2 nitrogen and oxygen atoms in total. The van der Waals surface area contributed by atoms with Crippen LogP contribution in [0, 0.1) is 0 Å². The molecule has 43 valence electrons. The van der Waals surface area contributed by atoms with Gasteiger partial charge in [-0.2, -0.15) is 0 Å². The Morgan fingerprint density at radius 2 is 2.00 bits per heavy atom. The first-order valence-electron chi connectivity index (χ1n) is 2.04. The van der Waals surface area contributed by atoms with Crippen LogP contribution in [0.25, 0.3) is 0 Å². The molecule has 0 fully saturated rings. The van der Waals surface area contributed by atoms with Crippen molar-refractivity contribution in [1.82, 2.24) is 0 Å². The molecule has 0 unspecified atom stereocenters. The number of hydrogen-bond acceptors (Lipinski definition) is 1. The maximum Gasteiger partial charge on any atom is 0.330 e. The van der Waals surface area contributed by atoms with Crippen molar-refractivity contribution in [2.24, 2.45) is 0 Å². The van der Waals surface area contributed by atoms with E-state index in [-0.39, 0.29) is 32.7 Å². The maximum atomic E-state index is 9.86. The van der Waals surface area contributed by atoms with Gasteiger partial charge in [-0.1, -0.05) is 6.08 Å². The Morgan fingerprint density at radius 1 is 1.62 bits per heavy atom. The second-order valence-electron chi connectivity index (χ2n) is 1.28. The van der Waals surface area contributed by atoms with Gasteiger partial charge in [0.15, 0.2) is 0 Å². The van der Waals surface area contributed by atoms with Crippen LogP contribution >= 0.6 is 0 Å². The van der Waals surface area contributed by atoms with E-state index in [1.54, 1.807) is 19.9 Å². The van der Waals surface area contributed by atoms with E-state index in [1.807, 2.05) is 0 Å². The van der Waals surface area contributed by atoms with Gasteiger partial charge in [0.05, 0.1) is 0 Å². The minimum Gasteiger partial charge on any atom is -0.478 e. The number of aliphatic carboxylic acids is 1. The number of hydrogen-bond donors (Lipinski definition) is 1. The van der Waals surface area contributed by atoms with Crippen LogP contribution in [-0.2, 0) is 37.5 Å². The first kappa shape index (κ1) is 11.2. The summed E-state index contributed by atoms with van der Waals surface area (Å²) in [6.07, 6.45) is 1.56.